The predicted octanol–water partition coefficient (Wildman–Crippen LogP) is 3.31. The topological polar surface area (TPSA) is 55.1 Å². The zero-order valence-electron chi connectivity index (χ0n) is 17.2. The van der Waals surface area contributed by atoms with Crippen molar-refractivity contribution < 1.29 is 22.6 Å². The van der Waals surface area contributed by atoms with E-state index in [9.17, 15) is 13.2 Å². The van der Waals surface area contributed by atoms with Gasteiger partial charge in [0.05, 0.1) is 18.5 Å². The molecule has 4 rings (SSSR count). The zero-order chi connectivity index (χ0) is 21.8. The molecule has 1 aliphatic rings. The molecular weight excluding hydrogens is 411 g/mol. The summed E-state index contributed by atoms with van der Waals surface area (Å²) < 4.78 is 48.4. The minimum atomic E-state index is -4.72. The molecule has 1 aliphatic heterocycles. The molecular formula is C21H24F3N5O2. The SMILES string of the molecule is CN1CCN(CCCOc2ccc3ncc(-c4ccc(OC(F)(F)F)cc4)n3n2)CC1. The van der Waals surface area contributed by atoms with Gasteiger partial charge in [-0.15, -0.1) is 18.3 Å². The van der Waals surface area contributed by atoms with Crippen LogP contribution in [0.5, 0.6) is 11.6 Å². The molecule has 0 aliphatic carbocycles. The number of nitrogens with zero attached hydrogens (tertiary/aromatic N) is 5. The number of likely N-dealkylation sites (N-methyl/N-ethyl adjacent to an activating group) is 1. The zero-order valence-corrected chi connectivity index (χ0v) is 17.2. The number of hydrogen-bond donors (Lipinski definition) is 0. The minimum absolute atomic E-state index is 0.276. The van der Waals surface area contributed by atoms with E-state index < -0.39 is 6.36 Å². The third-order valence-corrected chi connectivity index (χ3v) is 5.19. The lowest BCUT2D eigenvalue weighted by Gasteiger charge is -2.32. The molecule has 0 saturated carbocycles. The molecule has 31 heavy (non-hydrogen) atoms. The fraction of sp³-hybridized carbons (Fsp3) is 0.429. The highest BCUT2D eigenvalue weighted by Crippen LogP contribution is 2.27. The van der Waals surface area contributed by atoms with E-state index >= 15 is 0 Å². The van der Waals surface area contributed by atoms with Gasteiger partial charge >= 0.3 is 6.36 Å². The molecule has 0 atom stereocenters. The molecule has 0 N–H and O–H groups in total. The van der Waals surface area contributed by atoms with Crippen molar-refractivity contribution in [2.75, 3.05) is 46.4 Å². The smallest absolute Gasteiger partial charge is 0.477 e. The second kappa shape index (κ2) is 9.11. The number of benzene rings is 1. The van der Waals surface area contributed by atoms with Gasteiger partial charge in [-0.1, -0.05) is 0 Å². The molecule has 1 fully saturated rings. The van der Waals surface area contributed by atoms with E-state index in [0.717, 1.165) is 39.1 Å². The number of fused-ring (bicyclic) bond motifs is 1. The first-order valence-electron chi connectivity index (χ1n) is 10.1. The van der Waals surface area contributed by atoms with Crippen LogP contribution in [-0.2, 0) is 0 Å². The summed E-state index contributed by atoms with van der Waals surface area (Å²) in [5.74, 6) is 0.199. The van der Waals surface area contributed by atoms with Crippen LogP contribution in [0.2, 0.25) is 0 Å². The number of imidazole rings is 1. The van der Waals surface area contributed by atoms with E-state index in [-0.39, 0.29) is 5.75 Å². The van der Waals surface area contributed by atoms with Gasteiger partial charge in [-0.2, -0.15) is 0 Å². The molecule has 166 valence electrons. The third kappa shape index (κ3) is 5.65. The Labute approximate surface area is 178 Å². The Morgan fingerprint density at radius 3 is 2.45 bits per heavy atom. The molecule has 10 heteroatoms. The third-order valence-electron chi connectivity index (χ3n) is 5.19. The van der Waals surface area contributed by atoms with Gasteiger partial charge in [0.2, 0.25) is 5.88 Å². The van der Waals surface area contributed by atoms with Crippen LogP contribution >= 0.6 is 0 Å². The molecule has 1 aromatic carbocycles. The Morgan fingerprint density at radius 1 is 1.00 bits per heavy atom. The minimum Gasteiger partial charge on any atom is -0.477 e. The van der Waals surface area contributed by atoms with Crippen LogP contribution in [0.4, 0.5) is 13.2 Å². The van der Waals surface area contributed by atoms with Crippen molar-refractivity contribution in [2.45, 2.75) is 12.8 Å². The first-order chi connectivity index (χ1) is 14.9. The average molecular weight is 435 g/mol. The Balaban J connectivity index is 1.38. The van der Waals surface area contributed by atoms with Gasteiger partial charge in [0.1, 0.15) is 5.75 Å². The molecule has 2 aromatic heterocycles. The normalized spacial score (nSPS) is 16.0. The molecule has 1 saturated heterocycles. The first-order valence-corrected chi connectivity index (χ1v) is 10.1. The Morgan fingerprint density at radius 2 is 1.74 bits per heavy atom. The summed E-state index contributed by atoms with van der Waals surface area (Å²) in [7, 11) is 2.14. The van der Waals surface area contributed by atoms with Crippen LogP contribution in [-0.4, -0.2) is 77.1 Å². The lowest BCUT2D eigenvalue weighted by atomic mass is 10.1. The Bertz CT molecular complexity index is 998. The number of rotatable bonds is 7. The van der Waals surface area contributed by atoms with Crippen LogP contribution in [0.1, 0.15) is 6.42 Å². The maximum Gasteiger partial charge on any atom is 0.573 e. The molecule has 3 aromatic rings. The predicted molar refractivity (Wildman–Crippen MR) is 109 cm³/mol. The van der Waals surface area contributed by atoms with E-state index in [4.69, 9.17) is 4.74 Å². The van der Waals surface area contributed by atoms with Crippen LogP contribution in [0, 0.1) is 0 Å². The van der Waals surface area contributed by atoms with Gasteiger partial charge in [-0.25, -0.2) is 9.50 Å². The molecule has 3 heterocycles. The van der Waals surface area contributed by atoms with Gasteiger partial charge < -0.3 is 19.3 Å². The number of hydrogen-bond acceptors (Lipinski definition) is 6. The largest absolute Gasteiger partial charge is 0.573 e. The summed E-state index contributed by atoms with van der Waals surface area (Å²) in [6, 6.07) is 9.17. The number of piperazine rings is 1. The molecule has 0 spiro atoms. The van der Waals surface area contributed by atoms with Crippen molar-refractivity contribution in [3.8, 4) is 22.9 Å². The highest BCUT2D eigenvalue weighted by Gasteiger charge is 2.31. The van der Waals surface area contributed by atoms with E-state index in [1.54, 1.807) is 22.8 Å². The van der Waals surface area contributed by atoms with Crippen LogP contribution < -0.4 is 9.47 Å². The number of aromatic nitrogens is 3. The van der Waals surface area contributed by atoms with Gasteiger partial charge in [-0.05, 0) is 43.8 Å². The van der Waals surface area contributed by atoms with Gasteiger partial charge in [-0.3, -0.25) is 0 Å². The molecule has 7 nitrogen and oxygen atoms in total. The summed E-state index contributed by atoms with van der Waals surface area (Å²) in [5, 5.41) is 4.49. The van der Waals surface area contributed by atoms with Crippen LogP contribution in [0.25, 0.3) is 16.9 Å². The van der Waals surface area contributed by atoms with E-state index in [0.29, 0.717) is 29.4 Å². The molecule has 0 radical (unpaired) electrons. The molecule has 0 amide bonds. The van der Waals surface area contributed by atoms with Crippen LogP contribution in [0.15, 0.2) is 42.6 Å². The number of alkyl halides is 3. The van der Waals surface area contributed by atoms with Gasteiger partial charge in [0.15, 0.2) is 5.65 Å². The van der Waals surface area contributed by atoms with Crippen LogP contribution in [0.3, 0.4) is 0 Å². The summed E-state index contributed by atoms with van der Waals surface area (Å²) in [5.41, 5.74) is 1.94. The van der Waals surface area contributed by atoms with Gasteiger partial charge in [0, 0.05) is 44.4 Å². The number of halogens is 3. The number of ether oxygens (including phenoxy) is 2. The van der Waals surface area contributed by atoms with E-state index in [2.05, 4.69) is 31.7 Å². The Kier molecular flexibility index (Phi) is 6.28. The lowest BCUT2D eigenvalue weighted by molar-refractivity contribution is -0.274. The highest BCUT2D eigenvalue weighted by atomic mass is 19.4. The standard InChI is InChI=1S/C21H24F3N5O2/c1-27-10-12-28(13-11-27)9-2-14-30-20-8-7-19-25-15-18(29(19)26-20)16-3-5-17(6-4-16)31-21(22,23)24/h3-8,15H,2,9-14H2,1H3. The average Bonchev–Trinajstić information content (AvgIpc) is 3.15. The lowest BCUT2D eigenvalue weighted by Crippen LogP contribution is -2.44. The van der Waals surface area contributed by atoms with Gasteiger partial charge in [0.25, 0.3) is 0 Å². The fourth-order valence-electron chi connectivity index (χ4n) is 3.49. The highest BCUT2D eigenvalue weighted by molar-refractivity contribution is 5.63. The summed E-state index contributed by atoms with van der Waals surface area (Å²) in [6.07, 6.45) is -2.19. The summed E-state index contributed by atoms with van der Waals surface area (Å²) in [4.78, 5) is 9.06. The van der Waals surface area contributed by atoms with Crippen molar-refractivity contribution in [1.29, 1.82) is 0 Å². The second-order valence-corrected chi connectivity index (χ2v) is 7.50. The second-order valence-electron chi connectivity index (χ2n) is 7.50. The fourth-order valence-corrected chi connectivity index (χ4v) is 3.49. The first kappa shape index (κ1) is 21.4. The van der Waals surface area contributed by atoms with Crippen molar-refractivity contribution in [2.24, 2.45) is 0 Å². The van der Waals surface area contributed by atoms with Crippen molar-refractivity contribution >= 4 is 5.65 Å². The summed E-state index contributed by atoms with van der Waals surface area (Å²) >= 11 is 0. The van der Waals surface area contributed by atoms with E-state index in [1.165, 1.54) is 24.3 Å². The van der Waals surface area contributed by atoms with Crippen molar-refractivity contribution in [3.63, 3.8) is 0 Å². The van der Waals surface area contributed by atoms with E-state index in [1.807, 2.05) is 0 Å². The maximum absolute atomic E-state index is 12.4. The quantitative estimate of drug-likeness (QED) is 0.531. The monoisotopic (exact) mass is 435 g/mol. The Hall–Kier alpha value is -2.85. The molecule has 0 unspecified atom stereocenters. The van der Waals surface area contributed by atoms with Crippen molar-refractivity contribution in [3.05, 3.63) is 42.6 Å². The van der Waals surface area contributed by atoms with Crippen molar-refractivity contribution in [1.82, 2.24) is 24.4 Å². The summed E-state index contributed by atoms with van der Waals surface area (Å²) in [6.45, 7) is 5.87. The molecule has 0 bridgehead atoms. The maximum atomic E-state index is 12.4.